The van der Waals surface area contributed by atoms with E-state index in [1.807, 2.05) is 29.2 Å². The number of nitrogens with zero attached hydrogens (tertiary/aromatic N) is 3. The van der Waals surface area contributed by atoms with Crippen LogP contribution in [0.15, 0.2) is 60.7 Å². The molecule has 0 atom stereocenters. The highest BCUT2D eigenvalue weighted by Crippen LogP contribution is 2.21. The molecule has 2 heterocycles. The zero-order valence-corrected chi connectivity index (χ0v) is 20.5. The predicted molar refractivity (Wildman–Crippen MR) is 138 cm³/mol. The molecule has 0 aromatic heterocycles. The van der Waals surface area contributed by atoms with Crippen LogP contribution in [0.5, 0.6) is 0 Å². The van der Waals surface area contributed by atoms with Crippen molar-refractivity contribution in [1.82, 2.24) is 14.7 Å². The summed E-state index contributed by atoms with van der Waals surface area (Å²) in [5.74, 6) is 0.834. The van der Waals surface area contributed by atoms with E-state index in [4.69, 9.17) is 11.6 Å². The number of amides is 2. The van der Waals surface area contributed by atoms with E-state index in [1.54, 1.807) is 17.1 Å². The number of halogens is 1. The molecule has 34 heavy (non-hydrogen) atoms. The van der Waals surface area contributed by atoms with Crippen LogP contribution in [-0.2, 0) is 16.0 Å². The number of hydrogen-bond acceptors (Lipinski definition) is 3. The summed E-state index contributed by atoms with van der Waals surface area (Å²) in [6.07, 6.45) is 7.32. The highest BCUT2D eigenvalue weighted by molar-refractivity contribution is 6.30. The third kappa shape index (κ3) is 7.18. The smallest absolute Gasteiger partial charge is 0.246 e. The standard InChI is InChI=1S/C28H34ClN3O2/c29-26-8-4-7-24(22-26)9-10-27(33)31-16-13-28(34)32(20-19-31)18-17-30-14-11-25(12-15-30)21-23-5-2-1-3-6-23/h1-10,22,25H,11-21H2. The summed E-state index contributed by atoms with van der Waals surface area (Å²) in [4.78, 5) is 31.5. The number of rotatable bonds is 7. The molecule has 5 nitrogen and oxygen atoms in total. The van der Waals surface area contributed by atoms with Gasteiger partial charge in [0.1, 0.15) is 0 Å². The summed E-state index contributed by atoms with van der Waals surface area (Å²) in [6.45, 7) is 5.48. The van der Waals surface area contributed by atoms with Crippen molar-refractivity contribution in [3.05, 3.63) is 76.8 Å². The topological polar surface area (TPSA) is 43.9 Å². The summed E-state index contributed by atoms with van der Waals surface area (Å²) >= 11 is 6.01. The molecule has 6 heteroatoms. The van der Waals surface area contributed by atoms with E-state index in [-0.39, 0.29) is 11.8 Å². The zero-order chi connectivity index (χ0) is 23.8. The molecule has 2 amide bonds. The quantitative estimate of drug-likeness (QED) is 0.554. The first-order valence-electron chi connectivity index (χ1n) is 12.3. The summed E-state index contributed by atoms with van der Waals surface area (Å²) in [6, 6.07) is 18.2. The third-order valence-corrected chi connectivity index (χ3v) is 7.16. The van der Waals surface area contributed by atoms with Gasteiger partial charge in [-0.2, -0.15) is 0 Å². The highest BCUT2D eigenvalue weighted by atomic mass is 35.5. The molecule has 2 fully saturated rings. The Labute approximate surface area is 208 Å². The van der Waals surface area contributed by atoms with Gasteiger partial charge in [-0.3, -0.25) is 9.59 Å². The van der Waals surface area contributed by atoms with Gasteiger partial charge >= 0.3 is 0 Å². The molecule has 0 bridgehead atoms. The molecular formula is C28H34ClN3O2. The van der Waals surface area contributed by atoms with Crippen molar-refractivity contribution < 1.29 is 9.59 Å². The van der Waals surface area contributed by atoms with Crippen LogP contribution < -0.4 is 0 Å². The van der Waals surface area contributed by atoms with Crippen molar-refractivity contribution in [2.24, 2.45) is 5.92 Å². The molecule has 2 saturated heterocycles. The molecule has 180 valence electrons. The monoisotopic (exact) mass is 479 g/mol. The van der Waals surface area contributed by atoms with Gasteiger partial charge in [0.15, 0.2) is 0 Å². The van der Waals surface area contributed by atoms with Gasteiger partial charge in [-0.1, -0.05) is 54.1 Å². The van der Waals surface area contributed by atoms with Gasteiger partial charge in [0.05, 0.1) is 0 Å². The Morgan fingerprint density at radius 1 is 0.941 bits per heavy atom. The summed E-state index contributed by atoms with van der Waals surface area (Å²) in [7, 11) is 0. The molecular weight excluding hydrogens is 446 g/mol. The Bertz CT molecular complexity index is 986. The van der Waals surface area contributed by atoms with Crippen LogP contribution in [0.1, 0.15) is 30.4 Å². The summed E-state index contributed by atoms with van der Waals surface area (Å²) in [5.41, 5.74) is 2.32. The highest BCUT2D eigenvalue weighted by Gasteiger charge is 2.24. The van der Waals surface area contributed by atoms with Crippen LogP contribution in [-0.4, -0.2) is 72.3 Å². The second-order valence-corrected chi connectivity index (χ2v) is 9.76. The van der Waals surface area contributed by atoms with Gasteiger partial charge in [-0.05, 0) is 67.6 Å². The van der Waals surface area contributed by atoms with Crippen molar-refractivity contribution in [2.75, 3.05) is 45.8 Å². The molecule has 0 aliphatic carbocycles. The molecule has 0 spiro atoms. The third-order valence-electron chi connectivity index (χ3n) is 6.93. The molecule has 0 unspecified atom stereocenters. The summed E-state index contributed by atoms with van der Waals surface area (Å²) < 4.78 is 0. The average molecular weight is 480 g/mol. The number of carbonyl (C=O) groups is 2. The lowest BCUT2D eigenvalue weighted by Gasteiger charge is -2.33. The maximum atomic E-state index is 12.7. The normalized spacial score (nSPS) is 18.4. The Kier molecular flexibility index (Phi) is 8.78. The summed E-state index contributed by atoms with van der Waals surface area (Å²) in [5, 5.41) is 0.644. The molecule has 2 aliphatic rings. The Balaban J connectivity index is 1.20. The van der Waals surface area contributed by atoms with Crippen molar-refractivity contribution in [1.29, 1.82) is 0 Å². The van der Waals surface area contributed by atoms with Crippen LogP contribution in [0.3, 0.4) is 0 Å². The van der Waals surface area contributed by atoms with E-state index in [0.29, 0.717) is 31.1 Å². The lowest BCUT2D eigenvalue weighted by Crippen LogP contribution is -2.42. The van der Waals surface area contributed by atoms with Gasteiger partial charge in [0, 0.05) is 50.2 Å². The number of carbonyl (C=O) groups excluding carboxylic acids is 2. The minimum atomic E-state index is -0.0601. The van der Waals surface area contributed by atoms with Gasteiger partial charge in [0.25, 0.3) is 0 Å². The van der Waals surface area contributed by atoms with E-state index in [9.17, 15) is 9.59 Å². The van der Waals surface area contributed by atoms with E-state index in [0.717, 1.165) is 44.1 Å². The molecule has 2 aromatic rings. The lowest BCUT2D eigenvalue weighted by atomic mass is 9.90. The number of hydrogen-bond donors (Lipinski definition) is 0. The second-order valence-electron chi connectivity index (χ2n) is 9.32. The van der Waals surface area contributed by atoms with Gasteiger partial charge in [-0.15, -0.1) is 0 Å². The fourth-order valence-electron chi connectivity index (χ4n) is 4.83. The van der Waals surface area contributed by atoms with Crippen molar-refractivity contribution in [3.8, 4) is 0 Å². The lowest BCUT2D eigenvalue weighted by molar-refractivity contribution is -0.130. The van der Waals surface area contributed by atoms with Crippen molar-refractivity contribution in [2.45, 2.75) is 25.7 Å². The Morgan fingerprint density at radius 3 is 2.50 bits per heavy atom. The number of piperidine rings is 1. The van der Waals surface area contributed by atoms with Crippen LogP contribution in [0, 0.1) is 5.92 Å². The minimum Gasteiger partial charge on any atom is -0.340 e. The fraction of sp³-hybridized carbons (Fsp3) is 0.429. The number of benzene rings is 2. The van der Waals surface area contributed by atoms with Crippen molar-refractivity contribution >= 4 is 29.5 Å². The first kappa shape index (κ1) is 24.5. The largest absolute Gasteiger partial charge is 0.340 e. The average Bonchev–Trinajstić information content (AvgIpc) is 3.04. The van der Waals surface area contributed by atoms with Crippen LogP contribution in [0.25, 0.3) is 6.08 Å². The van der Waals surface area contributed by atoms with Gasteiger partial charge in [0.2, 0.25) is 11.8 Å². The molecule has 0 radical (unpaired) electrons. The minimum absolute atomic E-state index is 0.0601. The van der Waals surface area contributed by atoms with Crippen molar-refractivity contribution in [3.63, 3.8) is 0 Å². The number of likely N-dealkylation sites (tertiary alicyclic amines) is 1. The van der Waals surface area contributed by atoms with E-state index in [2.05, 4.69) is 35.2 Å². The predicted octanol–water partition coefficient (Wildman–Crippen LogP) is 4.37. The molecule has 0 saturated carbocycles. The van der Waals surface area contributed by atoms with Gasteiger partial charge < -0.3 is 14.7 Å². The molecule has 2 aromatic carbocycles. The van der Waals surface area contributed by atoms with Crippen LogP contribution >= 0.6 is 11.6 Å². The maximum Gasteiger partial charge on any atom is 0.246 e. The Hall–Kier alpha value is -2.63. The Morgan fingerprint density at radius 2 is 1.74 bits per heavy atom. The van der Waals surface area contributed by atoms with E-state index >= 15 is 0 Å². The van der Waals surface area contributed by atoms with Gasteiger partial charge in [-0.25, -0.2) is 0 Å². The second kappa shape index (κ2) is 12.2. The fourth-order valence-corrected chi connectivity index (χ4v) is 5.03. The molecule has 4 rings (SSSR count). The van der Waals surface area contributed by atoms with E-state index in [1.165, 1.54) is 18.4 Å². The molecule has 2 aliphatic heterocycles. The SMILES string of the molecule is O=C(C=Cc1cccc(Cl)c1)N1CCC(=O)N(CCN2CCC(Cc3ccccc3)CC2)CC1. The maximum absolute atomic E-state index is 12.7. The van der Waals surface area contributed by atoms with Crippen LogP contribution in [0.2, 0.25) is 5.02 Å². The zero-order valence-electron chi connectivity index (χ0n) is 19.7. The van der Waals surface area contributed by atoms with E-state index < -0.39 is 0 Å². The first-order chi connectivity index (χ1) is 16.6. The molecule has 0 N–H and O–H groups in total. The first-order valence-corrected chi connectivity index (χ1v) is 12.7. The van der Waals surface area contributed by atoms with Crippen LogP contribution in [0.4, 0.5) is 0 Å².